The summed E-state index contributed by atoms with van der Waals surface area (Å²) in [6.45, 7) is 1.92. The average Bonchev–Trinajstić information content (AvgIpc) is 2.55. The molecule has 0 fully saturated rings. The lowest BCUT2D eigenvalue weighted by atomic mass is 10.1. The predicted octanol–water partition coefficient (Wildman–Crippen LogP) is 2.22. The third-order valence-electron chi connectivity index (χ3n) is 1.73. The van der Waals surface area contributed by atoms with Crippen LogP contribution >= 0.6 is 0 Å². The van der Waals surface area contributed by atoms with Gasteiger partial charge in [0.1, 0.15) is 12.0 Å². The normalized spacial score (nSPS) is 9.92. The fourth-order valence-electron chi connectivity index (χ4n) is 1.07. The predicted molar refractivity (Wildman–Crippen MR) is 47.6 cm³/mol. The maximum atomic E-state index is 11.3. The largest absolute Gasteiger partial charge is 0.472 e. The summed E-state index contributed by atoms with van der Waals surface area (Å²) in [5.74, 6) is -0.166. The molecule has 1 rings (SSSR count). The molecule has 1 heterocycles. The third-order valence-corrected chi connectivity index (χ3v) is 1.73. The van der Waals surface area contributed by atoms with E-state index in [0.29, 0.717) is 12.0 Å². The molecule has 3 nitrogen and oxygen atoms in total. The van der Waals surface area contributed by atoms with Gasteiger partial charge in [0.05, 0.1) is 18.2 Å². The summed E-state index contributed by atoms with van der Waals surface area (Å²) in [6, 6.07) is 1.57. The Balaban J connectivity index is 2.47. The van der Waals surface area contributed by atoms with E-state index in [4.69, 9.17) is 4.42 Å². The van der Waals surface area contributed by atoms with Gasteiger partial charge in [-0.1, -0.05) is 6.92 Å². The van der Waals surface area contributed by atoms with Crippen LogP contribution in [-0.4, -0.2) is 11.6 Å². The number of hydrogen-bond acceptors (Lipinski definition) is 3. The van der Waals surface area contributed by atoms with Crippen LogP contribution in [0.15, 0.2) is 23.0 Å². The lowest BCUT2D eigenvalue weighted by Gasteiger charge is -1.95. The second-order valence-corrected chi connectivity index (χ2v) is 2.90. The van der Waals surface area contributed by atoms with Gasteiger partial charge in [0.15, 0.2) is 5.78 Å². The van der Waals surface area contributed by atoms with Gasteiger partial charge in [0.25, 0.3) is 0 Å². The van der Waals surface area contributed by atoms with Crippen LogP contribution in [0.3, 0.4) is 0 Å². The molecule has 0 saturated carbocycles. The Morgan fingerprint density at radius 1 is 1.46 bits per heavy atom. The Morgan fingerprint density at radius 2 is 2.23 bits per heavy atom. The van der Waals surface area contributed by atoms with Gasteiger partial charge in [-0.25, -0.2) is 0 Å². The summed E-state index contributed by atoms with van der Waals surface area (Å²) in [5.41, 5.74) is 0.476. The topological polar surface area (TPSA) is 47.3 Å². The Labute approximate surface area is 76.7 Å². The second kappa shape index (κ2) is 4.60. The zero-order chi connectivity index (χ0) is 9.68. The highest BCUT2D eigenvalue weighted by atomic mass is 16.3. The molecule has 0 aliphatic carbocycles. The summed E-state index contributed by atoms with van der Waals surface area (Å²) in [4.78, 5) is 22.4. The number of rotatable bonds is 5. The first-order chi connectivity index (χ1) is 6.24. The molecule has 0 spiro atoms. The van der Waals surface area contributed by atoms with Crippen molar-refractivity contribution in [1.29, 1.82) is 0 Å². The van der Waals surface area contributed by atoms with Crippen LogP contribution in [0.5, 0.6) is 0 Å². The van der Waals surface area contributed by atoms with Gasteiger partial charge in [0, 0.05) is 6.42 Å². The van der Waals surface area contributed by atoms with Gasteiger partial charge in [-0.05, 0) is 12.5 Å². The Hall–Kier alpha value is -1.38. The quantitative estimate of drug-likeness (QED) is 0.515. The second-order valence-electron chi connectivity index (χ2n) is 2.90. The lowest BCUT2D eigenvalue weighted by molar-refractivity contribution is -0.118. The van der Waals surface area contributed by atoms with Crippen molar-refractivity contribution in [2.24, 2.45) is 0 Å². The Morgan fingerprint density at radius 3 is 2.77 bits per heavy atom. The minimum atomic E-state index is -0.160. The summed E-state index contributed by atoms with van der Waals surface area (Å²) >= 11 is 0. The first-order valence-electron chi connectivity index (χ1n) is 4.31. The van der Waals surface area contributed by atoms with Crippen molar-refractivity contribution in [3.05, 3.63) is 24.2 Å². The number of hydrogen-bond donors (Lipinski definition) is 0. The van der Waals surface area contributed by atoms with E-state index in [0.717, 1.165) is 6.42 Å². The lowest BCUT2D eigenvalue weighted by Crippen LogP contribution is -2.06. The molecule has 13 heavy (non-hydrogen) atoms. The smallest absolute Gasteiger partial charge is 0.173 e. The van der Waals surface area contributed by atoms with Crippen molar-refractivity contribution in [3.63, 3.8) is 0 Å². The number of carbonyl (C=O) groups excluding carboxylic acids is 2. The zero-order valence-corrected chi connectivity index (χ0v) is 7.58. The van der Waals surface area contributed by atoms with Crippen molar-refractivity contribution < 1.29 is 14.0 Å². The van der Waals surface area contributed by atoms with Gasteiger partial charge in [-0.3, -0.25) is 9.59 Å². The fraction of sp³-hybridized carbons (Fsp3) is 0.400. The zero-order valence-electron chi connectivity index (χ0n) is 7.58. The molecule has 0 saturated heterocycles. The van der Waals surface area contributed by atoms with Crippen LogP contribution in [0.2, 0.25) is 0 Å². The van der Waals surface area contributed by atoms with Gasteiger partial charge in [-0.2, -0.15) is 0 Å². The summed E-state index contributed by atoms with van der Waals surface area (Å²) in [5, 5.41) is 0. The van der Waals surface area contributed by atoms with E-state index in [1.54, 1.807) is 6.07 Å². The van der Waals surface area contributed by atoms with Gasteiger partial charge < -0.3 is 4.42 Å². The van der Waals surface area contributed by atoms with E-state index in [1.807, 2.05) is 6.92 Å². The Bertz CT molecular complexity index is 285. The van der Waals surface area contributed by atoms with Crippen molar-refractivity contribution in [2.75, 3.05) is 0 Å². The van der Waals surface area contributed by atoms with E-state index < -0.39 is 0 Å². The van der Waals surface area contributed by atoms with Crippen molar-refractivity contribution in [3.8, 4) is 0 Å². The standard InChI is InChI=1S/C10H12O3/c1-2-3-9(11)6-10(12)8-4-5-13-7-8/h4-5,7H,2-3,6H2,1H3. The van der Waals surface area contributed by atoms with Gasteiger partial charge >= 0.3 is 0 Å². The highest BCUT2D eigenvalue weighted by Crippen LogP contribution is 2.06. The first-order valence-corrected chi connectivity index (χ1v) is 4.31. The SMILES string of the molecule is CCCC(=O)CC(=O)c1ccoc1. The molecular formula is C10H12O3. The van der Waals surface area contributed by atoms with E-state index in [9.17, 15) is 9.59 Å². The molecule has 0 amide bonds. The van der Waals surface area contributed by atoms with Crippen LogP contribution in [0.25, 0.3) is 0 Å². The molecule has 0 N–H and O–H groups in total. The third kappa shape index (κ3) is 2.86. The first kappa shape index (κ1) is 9.71. The maximum Gasteiger partial charge on any atom is 0.173 e. The number of Topliss-reactive ketones (excluding diaryl/α,β-unsaturated/α-hetero) is 2. The summed E-state index contributed by atoms with van der Waals surface area (Å²) < 4.78 is 4.75. The van der Waals surface area contributed by atoms with Crippen LogP contribution < -0.4 is 0 Å². The molecule has 0 unspecified atom stereocenters. The maximum absolute atomic E-state index is 11.3. The molecule has 0 aromatic carbocycles. The number of furan rings is 1. The fourth-order valence-corrected chi connectivity index (χ4v) is 1.07. The van der Waals surface area contributed by atoms with Crippen molar-refractivity contribution >= 4 is 11.6 Å². The summed E-state index contributed by atoms with van der Waals surface area (Å²) in [6.07, 6.45) is 4.05. The minimum Gasteiger partial charge on any atom is -0.472 e. The Kier molecular flexibility index (Phi) is 3.43. The van der Waals surface area contributed by atoms with E-state index in [2.05, 4.69) is 0 Å². The van der Waals surface area contributed by atoms with Crippen LogP contribution in [0.1, 0.15) is 36.5 Å². The molecule has 0 aliphatic heterocycles. The molecule has 0 atom stereocenters. The monoisotopic (exact) mass is 180 g/mol. The molecule has 0 radical (unpaired) electrons. The number of carbonyl (C=O) groups is 2. The molecule has 0 bridgehead atoms. The van der Waals surface area contributed by atoms with E-state index >= 15 is 0 Å². The molecule has 1 aromatic heterocycles. The molecular weight excluding hydrogens is 168 g/mol. The van der Waals surface area contributed by atoms with E-state index in [1.165, 1.54) is 12.5 Å². The average molecular weight is 180 g/mol. The highest BCUT2D eigenvalue weighted by molar-refractivity contribution is 6.07. The highest BCUT2D eigenvalue weighted by Gasteiger charge is 2.11. The summed E-state index contributed by atoms with van der Waals surface area (Å²) in [7, 11) is 0. The molecule has 70 valence electrons. The van der Waals surface area contributed by atoms with Gasteiger partial charge in [0.2, 0.25) is 0 Å². The molecule has 0 aliphatic rings. The molecule has 1 aromatic rings. The minimum absolute atomic E-state index is 0.00583. The van der Waals surface area contributed by atoms with Gasteiger partial charge in [-0.15, -0.1) is 0 Å². The van der Waals surface area contributed by atoms with Crippen LogP contribution in [-0.2, 0) is 4.79 Å². The molecule has 3 heteroatoms. The van der Waals surface area contributed by atoms with E-state index in [-0.39, 0.29) is 18.0 Å². The van der Waals surface area contributed by atoms with Crippen LogP contribution in [0.4, 0.5) is 0 Å². The van der Waals surface area contributed by atoms with Crippen molar-refractivity contribution in [1.82, 2.24) is 0 Å². The van der Waals surface area contributed by atoms with Crippen LogP contribution in [0, 0.1) is 0 Å². The number of ketones is 2. The van der Waals surface area contributed by atoms with Crippen molar-refractivity contribution in [2.45, 2.75) is 26.2 Å².